The molecule has 0 aliphatic carbocycles. The smallest absolute Gasteiger partial charge is 0.254 e. The van der Waals surface area contributed by atoms with Crippen LogP contribution in [0.15, 0.2) is 16.6 Å². The molecular weight excluding hydrogens is 342 g/mol. The Bertz CT molecular complexity index is 569. The molecule has 3 rings (SSSR count). The number of nitrogens with zero attached hydrogens (tertiary/aromatic N) is 2. The van der Waals surface area contributed by atoms with Gasteiger partial charge in [0.15, 0.2) is 0 Å². The Morgan fingerprint density at radius 2 is 1.91 bits per heavy atom. The minimum absolute atomic E-state index is 0.186. The van der Waals surface area contributed by atoms with Crippen molar-refractivity contribution in [3.05, 3.63) is 33.3 Å². The predicted molar refractivity (Wildman–Crippen MR) is 92.4 cm³/mol. The fourth-order valence-corrected chi connectivity index (χ4v) is 3.91. The lowest BCUT2D eigenvalue weighted by molar-refractivity contribution is 0.0772. The molecule has 0 bridgehead atoms. The van der Waals surface area contributed by atoms with E-state index in [0.717, 1.165) is 66.9 Å². The van der Waals surface area contributed by atoms with E-state index in [1.807, 2.05) is 30.9 Å². The highest BCUT2D eigenvalue weighted by Crippen LogP contribution is 2.24. The second-order valence-electron chi connectivity index (χ2n) is 6.40. The van der Waals surface area contributed by atoms with E-state index >= 15 is 0 Å². The average Bonchev–Trinajstić information content (AvgIpc) is 3.01. The molecule has 0 spiro atoms. The monoisotopic (exact) mass is 365 g/mol. The van der Waals surface area contributed by atoms with Crippen molar-refractivity contribution >= 4 is 21.8 Å². The van der Waals surface area contributed by atoms with Gasteiger partial charge in [-0.1, -0.05) is 15.9 Å². The van der Waals surface area contributed by atoms with Crippen LogP contribution in [0.25, 0.3) is 0 Å². The number of hydrogen-bond acceptors (Lipinski definition) is 3. The zero-order valence-corrected chi connectivity index (χ0v) is 14.9. The summed E-state index contributed by atoms with van der Waals surface area (Å²) in [6.45, 7) is 10.1. The molecule has 1 aromatic carbocycles. The Hall–Kier alpha value is -0.910. The molecule has 0 saturated carbocycles. The molecular formula is C17H24BrN3O. The van der Waals surface area contributed by atoms with E-state index in [2.05, 4.69) is 26.1 Å². The van der Waals surface area contributed by atoms with Crippen LogP contribution in [0.5, 0.6) is 0 Å². The molecule has 2 fully saturated rings. The highest BCUT2D eigenvalue weighted by molar-refractivity contribution is 9.10. The highest BCUT2D eigenvalue weighted by atomic mass is 79.9. The minimum atomic E-state index is 0.186. The molecule has 0 aromatic heterocycles. The van der Waals surface area contributed by atoms with Crippen LogP contribution < -0.4 is 5.32 Å². The predicted octanol–water partition coefficient (Wildman–Crippen LogP) is 2.19. The van der Waals surface area contributed by atoms with Gasteiger partial charge in [-0.05, 0) is 43.5 Å². The first-order valence-electron chi connectivity index (χ1n) is 8.07. The third-order valence-corrected chi connectivity index (χ3v) is 5.71. The number of carbonyl (C=O) groups excluding carboxylic acids is 1. The number of benzene rings is 1. The SMILES string of the molecule is Cc1cc(C(=O)N2CCC(N3CCNCC3)C2)c(C)cc1Br. The average molecular weight is 366 g/mol. The topological polar surface area (TPSA) is 35.6 Å². The number of aryl methyl sites for hydroxylation is 2. The summed E-state index contributed by atoms with van der Waals surface area (Å²) < 4.78 is 1.07. The molecule has 2 aliphatic heterocycles. The molecule has 120 valence electrons. The number of carbonyl (C=O) groups is 1. The van der Waals surface area contributed by atoms with Crippen LogP contribution >= 0.6 is 15.9 Å². The second-order valence-corrected chi connectivity index (χ2v) is 7.25. The molecule has 22 heavy (non-hydrogen) atoms. The van der Waals surface area contributed by atoms with Crippen molar-refractivity contribution in [3.8, 4) is 0 Å². The third-order valence-electron chi connectivity index (χ3n) is 4.85. The van der Waals surface area contributed by atoms with Gasteiger partial charge in [0, 0.05) is 55.3 Å². The lowest BCUT2D eigenvalue weighted by atomic mass is 10.0. The number of halogens is 1. The number of piperazine rings is 1. The number of hydrogen-bond donors (Lipinski definition) is 1. The standard InChI is InChI=1S/C17H24BrN3O/c1-12-10-16(18)13(2)9-15(12)17(22)21-6-3-14(11-21)20-7-4-19-5-8-20/h9-10,14,19H,3-8,11H2,1-2H3. The Morgan fingerprint density at radius 3 is 2.64 bits per heavy atom. The molecule has 0 radical (unpaired) electrons. The van der Waals surface area contributed by atoms with Crippen LogP contribution in [-0.2, 0) is 0 Å². The Labute approximate surface area is 141 Å². The first kappa shape index (κ1) is 16.0. The molecule has 1 aromatic rings. The van der Waals surface area contributed by atoms with Gasteiger partial charge in [0.2, 0.25) is 0 Å². The number of amides is 1. The summed E-state index contributed by atoms with van der Waals surface area (Å²) in [6.07, 6.45) is 1.10. The van der Waals surface area contributed by atoms with Gasteiger partial charge in [-0.25, -0.2) is 0 Å². The molecule has 1 N–H and O–H groups in total. The highest BCUT2D eigenvalue weighted by Gasteiger charge is 2.31. The first-order chi connectivity index (χ1) is 10.6. The number of nitrogens with one attached hydrogen (secondary N) is 1. The number of likely N-dealkylation sites (tertiary alicyclic amines) is 1. The summed E-state index contributed by atoms with van der Waals surface area (Å²) in [6, 6.07) is 4.59. The molecule has 2 saturated heterocycles. The molecule has 4 nitrogen and oxygen atoms in total. The maximum absolute atomic E-state index is 12.8. The van der Waals surface area contributed by atoms with Gasteiger partial charge >= 0.3 is 0 Å². The lowest BCUT2D eigenvalue weighted by Gasteiger charge is -2.32. The van der Waals surface area contributed by atoms with Crippen LogP contribution in [0, 0.1) is 13.8 Å². The van der Waals surface area contributed by atoms with Crippen LogP contribution in [0.3, 0.4) is 0 Å². The van der Waals surface area contributed by atoms with E-state index in [-0.39, 0.29) is 5.91 Å². The van der Waals surface area contributed by atoms with E-state index in [1.165, 1.54) is 0 Å². The molecule has 1 atom stereocenters. The summed E-state index contributed by atoms with van der Waals surface area (Å²) in [4.78, 5) is 17.4. The van der Waals surface area contributed by atoms with Crippen molar-refractivity contribution in [2.75, 3.05) is 39.3 Å². The molecule has 5 heteroatoms. The van der Waals surface area contributed by atoms with E-state index in [0.29, 0.717) is 6.04 Å². The van der Waals surface area contributed by atoms with Crippen molar-refractivity contribution in [2.24, 2.45) is 0 Å². The summed E-state index contributed by atoms with van der Waals surface area (Å²) in [5, 5.41) is 3.39. The van der Waals surface area contributed by atoms with Crippen LogP contribution in [0.4, 0.5) is 0 Å². The van der Waals surface area contributed by atoms with Crippen molar-refractivity contribution < 1.29 is 4.79 Å². The van der Waals surface area contributed by atoms with Gasteiger partial charge in [0.25, 0.3) is 5.91 Å². The summed E-state index contributed by atoms with van der Waals surface area (Å²) in [5.41, 5.74) is 3.02. The van der Waals surface area contributed by atoms with E-state index in [4.69, 9.17) is 0 Å². The molecule has 2 heterocycles. The summed E-state index contributed by atoms with van der Waals surface area (Å²) in [7, 11) is 0. The number of rotatable bonds is 2. The van der Waals surface area contributed by atoms with Crippen molar-refractivity contribution in [3.63, 3.8) is 0 Å². The fourth-order valence-electron chi connectivity index (χ4n) is 3.45. The van der Waals surface area contributed by atoms with Gasteiger partial charge in [0.1, 0.15) is 0 Å². The largest absolute Gasteiger partial charge is 0.337 e. The van der Waals surface area contributed by atoms with Gasteiger partial charge in [0.05, 0.1) is 0 Å². The molecule has 1 amide bonds. The van der Waals surface area contributed by atoms with Crippen molar-refractivity contribution in [2.45, 2.75) is 26.3 Å². The van der Waals surface area contributed by atoms with Crippen LogP contribution in [0.2, 0.25) is 0 Å². The fraction of sp³-hybridized carbons (Fsp3) is 0.588. The minimum Gasteiger partial charge on any atom is -0.337 e. The van der Waals surface area contributed by atoms with E-state index in [9.17, 15) is 4.79 Å². The Morgan fingerprint density at radius 1 is 1.18 bits per heavy atom. The Kier molecular flexibility index (Phi) is 4.85. The normalized spacial score (nSPS) is 23.0. The van der Waals surface area contributed by atoms with Gasteiger partial charge in [-0.3, -0.25) is 9.69 Å². The lowest BCUT2D eigenvalue weighted by Crippen LogP contribution is -2.49. The third kappa shape index (κ3) is 3.21. The Balaban J connectivity index is 1.70. The van der Waals surface area contributed by atoms with Crippen LogP contribution in [0.1, 0.15) is 27.9 Å². The molecule has 2 aliphatic rings. The quantitative estimate of drug-likeness (QED) is 0.872. The van der Waals surface area contributed by atoms with Crippen LogP contribution in [-0.4, -0.2) is 61.0 Å². The van der Waals surface area contributed by atoms with E-state index in [1.54, 1.807) is 0 Å². The first-order valence-corrected chi connectivity index (χ1v) is 8.86. The van der Waals surface area contributed by atoms with Crippen molar-refractivity contribution in [1.29, 1.82) is 0 Å². The maximum Gasteiger partial charge on any atom is 0.254 e. The second kappa shape index (κ2) is 6.69. The maximum atomic E-state index is 12.8. The zero-order chi connectivity index (χ0) is 15.7. The summed E-state index contributed by atoms with van der Waals surface area (Å²) in [5.74, 6) is 0.186. The van der Waals surface area contributed by atoms with Gasteiger partial charge in [-0.15, -0.1) is 0 Å². The van der Waals surface area contributed by atoms with Gasteiger partial charge in [-0.2, -0.15) is 0 Å². The van der Waals surface area contributed by atoms with Gasteiger partial charge < -0.3 is 10.2 Å². The zero-order valence-electron chi connectivity index (χ0n) is 13.4. The molecule has 1 unspecified atom stereocenters. The summed E-state index contributed by atoms with van der Waals surface area (Å²) >= 11 is 3.54. The van der Waals surface area contributed by atoms with E-state index < -0.39 is 0 Å². The van der Waals surface area contributed by atoms with Crippen molar-refractivity contribution in [1.82, 2.24) is 15.1 Å².